The van der Waals surface area contributed by atoms with Gasteiger partial charge in [0.05, 0.1) is 32.8 Å². The average Bonchev–Trinajstić information content (AvgIpc) is 3.06. The van der Waals surface area contributed by atoms with Gasteiger partial charge in [-0.1, -0.05) is 95.8 Å². The second kappa shape index (κ2) is 29.5. The van der Waals surface area contributed by atoms with E-state index in [1.54, 1.807) is 0 Å². The van der Waals surface area contributed by atoms with Crippen LogP contribution in [0.25, 0.3) is 0 Å². The summed E-state index contributed by atoms with van der Waals surface area (Å²) in [5, 5.41) is 1.14. The first kappa shape index (κ1) is 47.5. The molecule has 0 aliphatic carbocycles. The van der Waals surface area contributed by atoms with Gasteiger partial charge in [0, 0.05) is 34.2 Å². The van der Waals surface area contributed by atoms with Crippen molar-refractivity contribution in [2.75, 3.05) is 27.3 Å². The summed E-state index contributed by atoms with van der Waals surface area (Å²) in [7, 11) is 2.91. The third-order valence-corrected chi connectivity index (χ3v) is 6.51. The van der Waals surface area contributed by atoms with E-state index in [-0.39, 0.29) is 43.6 Å². The quantitative estimate of drug-likeness (QED) is 0.193. The number of amides is 5. The Morgan fingerprint density at radius 2 is 1.06 bits per heavy atom. The topological polar surface area (TPSA) is 126 Å². The number of nitrogens with one attached hydrogen (secondary N) is 1. The molecule has 2 aromatic carbocycles. The summed E-state index contributed by atoms with van der Waals surface area (Å²) in [6.45, 7) is 13.9. The van der Waals surface area contributed by atoms with E-state index in [1.165, 1.54) is 52.4 Å². The van der Waals surface area contributed by atoms with Gasteiger partial charge in [0.15, 0.2) is 0 Å². The molecule has 11 heteroatoms. The molecule has 5 amide bonds. The largest absolute Gasteiger partial charge is 0.305 e. The third kappa shape index (κ3) is 20.7. The molecule has 11 nitrogen and oxygen atoms in total. The van der Waals surface area contributed by atoms with Gasteiger partial charge in [-0.3, -0.25) is 38.6 Å². The smallest absolute Gasteiger partial charge is 0.233 e. The SMILES string of the molecule is C.CC.CC.CON(C=O)C(CCc1ccccc1)CN(C(C)=O)C(C)=O.CONC(CCc1ccccc1)CN(C(C)=O)C(C)=O. The molecular formula is C36H60N4O7. The molecule has 0 heterocycles. The summed E-state index contributed by atoms with van der Waals surface area (Å²) in [6, 6.07) is 19.4. The lowest BCUT2D eigenvalue weighted by atomic mass is 10.0. The van der Waals surface area contributed by atoms with Crippen LogP contribution in [0.4, 0.5) is 0 Å². The Balaban J connectivity index is -0.000000733. The molecule has 47 heavy (non-hydrogen) atoms. The molecule has 0 saturated carbocycles. The van der Waals surface area contributed by atoms with E-state index >= 15 is 0 Å². The van der Waals surface area contributed by atoms with E-state index < -0.39 is 6.04 Å². The predicted molar refractivity (Wildman–Crippen MR) is 188 cm³/mol. The monoisotopic (exact) mass is 660 g/mol. The van der Waals surface area contributed by atoms with Crippen LogP contribution in [-0.2, 0) is 46.5 Å². The minimum atomic E-state index is -0.393. The van der Waals surface area contributed by atoms with Crippen molar-refractivity contribution in [3.8, 4) is 0 Å². The van der Waals surface area contributed by atoms with Crippen LogP contribution in [-0.4, -0.2) is 84.3 Å². The van der Waals surface area contributed by atoms with Crippen molar-refractivity contribution in [1.29, 1.82) is 0 Å². The van der Waals surface area contributed by atoms with Crippen molar-refractivity contribution >= 4 is 30.0 Å². The molecule has 2 atom stereocenters. The van der Waals surface area contributed by atoms with Gasteiger partial charge in [0.25, 0.3) is 0 Å². The van der Waals surface area contributed by atoms with E-state index in [2.05, 4.69) is 17.6 Å². The van der Waals surface area contributed by atoms with Crippen molar-refractivity contribution in [3.63, 3.8) is 0 Å². The Morgan fingerprint density at radius 1 is 0.681 bits per heavy atom. The fraction of sp³-hybridized carbons (Fsp3) is 0.528. The van der Waals surface area contributed by atoms with Gasteiger partial charge >= 0.3 is 0 Å². The second-order valence-electron chi connectivity index (χ2n) is 9.67. The molecule has 1 N–H and O–H groups in total. The molecule has 266 valence electrons. The van der Waals surface area contributed by atoms with Crippen molar-refractivity contribution < 1.29 is 33.6 Å². The summed E-state index contributed by atoms with van der Waals surface area (Å²) in [4.78, 5) is 69.4. The first-order valence-electron chi connectivity index (χ1n) is 15.7. The van der Waals surface area contributed by atoms with Gasteiger partial charge in [0.2, 0.25) is 30.0 Å². The van der Waals surface area contributed by atoms with Crippen LogP contribution in [0, 0.1) is 0 Å². The second-order valence-corrected chi connectivity index (χ2v) is 9.67. The van der Waals surface area contributed by atoms with Crippen LogP contribution < -0.4 is 5.48 Å². The molecule has 0 spiro atoms. The van der Waals surface area contributed by atoms with Gasteiger partial charge in [-0.15, -0.1) is 0 Å². The Hall–Kier alpha value is -3.93. The summed E-state index contributed by atoms with van der Waals surface area (Å²) in [5.74, 6) is -1.20. The average molecular weight is 661 g/mol. The maximum absolute atomic E-state index is 11.6. The maximum Gasteiger partial charge on any atom is 0.233 e. The number of hydrogen-bond acceptors (Lipinski definition) is 8. The number of carbonyl (C=O) groups excluding carboxylic acids is 5. The molecule has 0 aliphatic rings. The van der Waals surface area contributed by atoms with Crippen molar-refractivity contribution in [2.45, 2.75) is 101 Å². The molecule has 0 aliphatic heterocycles. The van der Waals surface area contributed by atoms with Crippen molar-refractivity contribution in [3.05, 3.63) is 71.8 Å². The van der Waals surface area contributed by atoms with Crippen LogP contribution in [0.3, 0.4) is 0 Å². The van der Waals surface area contributed by atoms with Gasteiger partial charge in [-0.2, -0.15) is 5.48 Å². The highest BCUT2D eigenvalue weighted by molar-refractivity contribution is 5.93. The summed E-state index contributed by atoms with van der Waals surface area (Å²) in [6.07, 6.45) is 3.48. The zero-order chi connectivity index (χ0) is 35.5. The standard InChI is InChI=1S/C16H22N2O4.C15H22N2O3.2C2H6.CH4/c1-13(20)17(14(2)21)11-16(18(12-19)22-3)10-9-15-7-5-4-6-8-15;1-12(18)17(13(2)19)11-15(16-20-3)10-9-14-7-5-4-6-8-14;2*1-2;/h4-8,12,16H,9-11H2,1-3H3;4-8,15-16H,9-11H2,1-3H3;2*1-2H3;1H4. The van der Waals surface area contributed by atoms with E-state index in [0.717, 1.165) is 28.4 Å². The number of nitrogens with zero attached hydrogens (tertiary/aromatic N) is 3. The normalized spacial score (nSPS) is 10.8. The van der Waals surface area contributed by atoms with Gasteiger partial charge in [-0.05, 0) is 36.8 Å². The number of hydroxylamine groups is 3. The van der Waals surface area contributed by atoms with Gasteiger partial charge < -0.3 is 4.84 Å². The highest BCUT2D eigenvalue weighted by atomic mass is 16.7. The van der Waals surface area contributed by atoms with Gasteiger partial charge in [-0.25, -0.2) is 5.06 Å². The lowest BCUT2D eigenvalue weighted by molar-refractivity contribution is -0.178. The molecule has 0 fully saturated rings. The van der Waals surface area contributed by atoms with Crippen LogP contribution in [0.2, 0.25) is 0 Å². The minimum Gasteiger partial charge on any atom is -0.305 e. The molecule has 0 aromatic heterocycles. The number of hydrogen-bond donors (Lipinski definition) is 1. The third-order valence-electron chi connectivity index (χ3n) is 6.51. The molecule has 0 radical (unpaired) electrons. The molecule has 2 rings (SSSR count). The fourth-order valence-electron chi connectivity index (χ4n) is 4.28. The van der Waals surface area contributed by atoms with E-state index in [4.69, 9.17) is 9.68 Å². The van der Waals surface area contributed by atoms with E-state index in [9.17, 15) is 24.0 Å². The van der Waals surface area contributed by atoms with Crippen LogP contribution >= 0.6 is 0 Å². The summed E-state index contributed by atoms with van der Waals surface area (Å²) in [5.41, 5.74) is 5.18. The molecule has 0 bridgehead atoms. The van der Waals surface area contributed by atoms with E-state index in [0.29, 0.717) is 25.8 Å². The first-order valence-corrected chi connectivity index (χ1v) is 15.7. The summed E-state index contributed by atoms with van der Waals surface area (Å²) >= 11 is 0. The lowest BCUT2D eigenvalue weighted by Gasteiger charge is -2.30. The number of carbonyl (C=O) groups is 5. The van der Waals surface area contributed by atoms with E-state index in [1.807, 2.05) is 76.2 Å². The van der Waals surface area contributed by atoms with Crippen molar-refractivity contribution in [2.24, 2.45) is 0 Å². The maximum atomic E-state index is 11.6. The number of benzene rings is 2. The predicted octanol–water partition coefficient (Wildman–Crippen LogP) is 5.62. The zero-order valence-corrected chi connectivity index (χ0v) is 29.4. The molecule has 2 unspecified atom stereocenters. The molecule has 2 aromatic rings. The Labute approximate surface area is 283 Å². The Bertz CT molecular complexity index is 1090. The Kier molecular flexibility index (Phi) is 29.8. The summed E-state index contributed by atoms with van der Waals surface area (Å²) < 4.78 is 0. The number of rotatable bonds is 15. The zero-order valence-electron chi connectivity index (χ0n) is 29.4. The highest BCUT2D eigenvalue weighted by Gasteiger charge is 2.24. The van der Waals surface area contributed by atoms with Gasteiger partial charge in [0.1, 0.15) is 0 Å². The highest BCUT2D eigenvalue weighted by Crippen LogP contribution is 2.12. The van der Waals surface area contributed by atoms with Crippen LogP contribution in [0.5, 0.6) is 0 Å². The first-order chi connectivity index (χ1) is 22.0. The molecular weight excluding hydrogens is 600 g/mol. The number of imide groups is 2. The Morgan fingerprint density at radius 3 is 1.40 bits per heavy atom. The van der Waals surface area contributed by atoms with Crippen LogP contribution in [0.1, 0.15) is 86.8 Å². The van der Waals surface area contributed by atoms with Crippen molar-refractivity contribution in [1.82, 2.24) is 20.3 Å². The van der Waals surface area contributed by atoms with Crippen LogP contribution in [0.15, 0.2) is 60.7 Å². The number of aryl methyl sites for hydroxylation is 2. The fourth-order valence-corrected chi connectivity index (χ4v) is 4.28. The minimum absolute atomic E-state index is 0. The lowest BCUT2D eigenvalue weighted by Crippen LogP contribution is -2.46. The molecule has 0 saturated heterocycles.